The SMILES string of the molecule is COC(=O)c1cc(NC(=O)[C@H](C)N(c2ccccc2)S(C)(=O)=O)ccc1Cl. The molecular formula is C18H19ClN2O5S. The second kappa shape index (κ2) is 8.41. The number of rotatable bonds is 6. The van der Waals surface area contributed by atoms with E-state index in [2.05, 4.69) is 10.1 Å². The number of nitrogens with one attached hydrogen (secondary N) is 1. The van der Waals surface area contributed by atoms with Crippen molar-refractivity contribution in [1.29, 1.82) is 0 Å². The van der Waals surface area contributed by atoms with Crippen LogP contribution < -0.4 is 9.62 Å². The number of methoxy groups -OCH3 is 1. The third-order valence-corrected chi connectivity index (χ3v) is 5.31. The van der Waals surface area contributed by atoms with E-state index in [0.29, 0.717) is 5.69 Å². The summed E-state index contributed by atoms with van der Waals surface area (Å²) in [5.41, 5.74) is 0.750. The van der Waals surface area contributed by atoms with E-state index < -0.39 is 27.9 Å². The maximum Gasteiger partial charge on any atom is 0.339 e. The van der Waals surface area contributed by atoms with Crippen LogP contribution in [0.25, 0.3) is 0 Å². The highest BCUT2D eigenvalue weighted by atomic mass is 35.5. The number of nitrogens with zero attached hydrogens (tertiary/aromatic N) is 1. The zero-order valence-electron chi connectivity index (χ0n) is 15.0. The quantitative estimate of drug-likeness (QED) is 0.739. The fourth-order valence-electron chi connectivity index (χ4n) is 2.50. The number of carbonyl (C=O) groups excluding carboxylic acids is 2. The van der Waals surface area contributed by atoms with Crippen LogP contribution in [0.15, 0.2) is 48.5 Å². The third kappa shape index (κ3) is 4.99. The maximum atomic E-state index is 12.6. The van der Waals surface area contributed by atoms with E-state index in [4.69, 9.17) is 11.6 Å². The highest BCUT2D eigenvalue weighted by Gasteiger charge is 2.29. The van der Waals surface area contributed by atoms with Crippen LogP contribution in [0.4, 0.5) is 11.4 Å². The molecule has 0 heterocycles. The molecule has 2 aromatic carbocycles. The van der Waals surface area contributed by atoms with Gasteiger partial charge in [-0.15, -0.1) is 0 Å². The summed E-state index contributed by atoms with van der Waals surface area (Å²) in [4.78, 5) is 24.4. The van der Waals surface area contributed by atoms with Gasteiger partial charge in [-0.1, -0.05) is 29.8 Å². The normalized spacial score (nSPS) is 12.1. The van der Waals surface area contributed by atoms with Gasteiger partial charge in [-0.05, 0) is 37.3 Å². The molecule has 0 aromatic heterocycles. The summed E-state index contributed by atoms with van der Waals surface area (Å²) in [6.45, 7) is 1.47. The molecular weight excluding hydrogens is 392 g/mol. The van der Waals surface area contributed by atoms with Crippen LogP contribution in [-0.4, -0.2) is 39.7 Å². The summed E-state index contributed by atoms with van der Waals surface area (Å²) >= 11 is 5.96. The highest BCUT2D eigenvalue weighted by Crippen LogP contribution is 2.24. The van der Waals surface area contributed by atoms with Crippen molar-refractivity contribution in [3.8, 4) is 0 Å². The van der Waals surface area contributed by atoms with E-state index in [9.17, 15) is 18.0 Å². The summed E-state index contributed by atoms with van der Waals surface area (Å²) in [5, 5.41) is 2.78. The number of amides is 1. The second-order valence-electron chi connectivity index (χ2n) is 5.75. The minimum atomic E-state index is -3.71. The average Bonchev–Trinajstić information content (AvgIpc) is 2.62. The monoisotopic (exact) mass is 410 g/mol. The first-order chi connectivity index (χ1) is 12.6. The standard InChI is InChI=1S/C18H19ClN2O5S/c1-12(21(27(3,24)25)14-7-5-4-6-8-14)17(22)20-13-9-10-16(19)15(11-13)18(23)26-2/h4-12H,1-3H3,(H,20,22)/t12-/m0/s1. The van der Waals surface area contributed by atoms with Crippen LogP contribution in [0, 0.1) is 0 Å². The van der Waals surface area contributed by atoms with E-state index >= 15 is 0 Å². The molecule has 0 radical (unpaired) electrons. The fourth-order valence-corrected chi connectivity index (χ4v) is 3.87. The molecule has 0 spiro atoms. The number of hydrogen-bond acceptors (Lipinski definition) is 5. The molecule has 144 valence electrons. The number of carbonyl (C=O) groups is 2. The molecule has 0 aliphatic rings. The third-order valence-electron chi connectivity index (χ3n) is 3.74. The number of benzene rings is 2. The number of ether oxygens (including phenoxy) is 1. The fraction of sp³-hybridized carbons (Fsp3) is 0.222. The van der Waals surface area contributed by atoms with E-state index in [1.165, 1.54) is 32.2 Å². The Morgan fingerprint density at radius 1 is 1.15 bits per heavy atom. The van der Waals surface area contributed by atoms with E-state index in [-0.39, 0.29) is 16.3 Å². The molecule has 27 heavy (non-hydrogen) atoms. The lowest BCUT2D eigenvalue weighted by Crippen LogP contribution is -2.45. The van der Waals surface area contributed by atoms with Gasteiger partial charge >= 0.3 is 5.97 Å². The summed E-state index contributed by atoms with van der Waals surface area (Å²) in [6.07, 6.45) is 1.03. The minimum Gasteiger partial charge on any atom is -0.465 e. The Morgan fingerprint density at radius 2 is 1.78 bits per heavy atom. The number of halogens is 1. The van der Waals surface area contributed by atoms with Crippen LogP contribution in [0.5, 0.6) is 0 Å². The lowest BCUT2D eigenvalue weighted by molar-refractivity contribution is -0.116. The predicted octanol–water partition coefficient (Wildman–Crippen LogP) is 2.92. The van der Waals surface area contributed by atoms with Gasteiger partial charge in [-0.3, -0.25) is 9.10 Å². The molecule has 0 saturated heterocycles. The Hall–Kier alpha value is -2.58. The largest absolute Gasteiger partial charge is 0.465 e. The first-order valence-electron chi connectivity index (χ1n) is 7.88. The molecule has 7 nitrogen and oxygen atoms in total. The summed E-state index contributed by atoms with van der Waals surface area (Å²) in [6, 6.07) is 11.6. The molecule has 1 N–H and O–H groups in total. The van der Waals surface area contributed by atoms with Gasteiger partial charge in [0.05, 0.1) is 29.6 Å². The van der Waals surface area contributed by atoms with E-state index in [1.54, 1.807) is 30.3 Å². The van der Waals surface area contributed by atoms with Gasteiger partial charge in [0.25, 0.3) is 0 Å². The van der Waals surface area contributed by atoms with Crippen molar-refractivity contribution in [1.82, 2.24) is 0 Å². The Morgan fingerprint density at radius 3 is 2.33 bits per heavy atom. The lowest BCUT2D eigenvalue weighted by Gasteiger charge is -2.28. The van der Waals surface area contributed by atoms with Gasteiger partial charge in [-0.25, -0.2) is 13.2 Å². The molecule has 1 amide bonds. The number of anilines is 2. The number of esters is 1. The van der Waals surface area contributed by atoms with Crippen LogP contribution in [0.3, 0.4) is 0 Å². The molecule has 1 atom stereocenters. The molecule has 2 rings (SSSR count). The predicted molar refractivity (Wildman–Crippen MR) is 105 cm³/mol. The van der Waals surface area contributed by atoms with Crippen molar-refractivity contribution in [3.05, 3.63) is 59.1 Å². The number of sulfonamides is 1. The Balaban J connectivity index is 2.30. The van der Waals surface area contributed by atoms with Crippen molar-refractivity contribution in [2.45, 2.75) is 13.0 Å². The first kappa shape index (κ1) is 20.7. The van der Waals surface area contributed by atoms with Gasteiger partial charge in [0, 0.05) is 5.69 Å². The summed E-state index contributed by atoms with van der Waals surface area (Å²) < 4.78 is 30.1. The summed E-state index contributed by atoms with van der Waals surface area (Å²) in [5.74, 6) is -1.21. The zero-order valence-corrected chi connectivity index (χ0v) is 16.5. The Labute approximate surface area is 162 Å². The molecule has 0 aliphatic heterocycles. The molecule has 0 saturated carbocycles. The van der Waals surface area contributed by atoms with Crippen LogP contribution in [0.1, 0.15) is 17.3 Å². The topological polar surface area (TPSA) is 92.8 Å². The van der Waals surface area contributed by atoms with Crippen molar-refractivity contribution < 1.29 is 22.7 Å². The lowest BCUT2D eigenvalue weighted by atomic mass is 10.2. The van der Waals surface area contributed by atoms with Gasteiger partial charge < -0.3 is 10.1 Å². The van der Waals surface area contributed by atoms with Crippen LogP contribution in [-0.2, 0) is 19.6 Å². The molecule has 0 aliphatic carbocycles. The van der Waals surface area contributed by atoms with Gasteiger partial charge in [0.1, 0.15) is 6.04 Å². The Kier molecular flexibility index (Phi) is 6.45. The average molecular weight is 411 g/mol. The van der Waals surface area contributed by atoms with Crippen molar-refractivity contribution in [2.75, 3.05) is 23.0 Å². The molecule has 0 bridgehead atoms. The van der Waals surface area contributed by atoms with Gasteiger partial charge in [0.2, 0.25) is 15.9 Å². The molecule has 0 unspecified atom stereocenters. The zero-order chi connectivity index (χ0) is 20.2. The van der Waals surface area contributed by atoms with Gasteiger partial charge in [-0.2, -0.15) is 0 Å². The minimum absolute atomic E-state index is 0.0904. The first-order valence-corrected chi connectivity index (χ1v) is 10.1. The van der Waals surface area contributed by atoms with Crippen LogP contribution in [0.2, 0.25) is 5.02 Å². The molecule has 0 fully saturated rings. The maximum absolute atomic E-state index is 12.6. The summed E-state index contributed by atoms with van der Waals surface area (Å²) in [7, 11) is -2.49. The van der Waals surface area contributed by atoms with Crippen LogP contribution >= 0.6 is 11.6 Å². The van der Waals surface area contributed by atoms with E-state index in [0.717, 1.165) is 10.6 Å². The second-order valence-corrected chi connectivity index (χ2v) is 8.01. The number of para-hydroxylation sites is 1. The Bertz CT molecular complexity index is 947. The smallest absolute Gasteiger partial charge is 0.339 e. The van der Waals surface area contributed by atoms with Crippen molar-refractivity contribution >= 4 is 44.9 Å². The van der Waals surface area contributed by atoms with E-state index in [1.807, 2.05) is 0 Å². The van der Waals surface area contributed by atoms with Gasteiger partial charge in [0.15, 0.2) is 0 Å². The molecule has 2 aromatic rings. The van der Waals surface area contributed by atoms with Crippen molar-refractivity contribution in [2.24, 2.45) is 0 Å². The number of hydrogen-bond donors (Lipinski definition) is 1. The highest BCUT2D eigenvalue weighted by molar-refractivity contribution is 7.92. The van der Waals surface area contributed by atoms with Crippen molar-refractivity contribution in [3.63, 3.8) is 0 Å². The molecule has 9 heteroatoms.